The predicted molar refractivity (Wildman–Crippen MR) is 142 cm³/mol. The molecule has 0 unspecified atom stereocenters. The van der Waals surface area contributed by atoms with Gasteiger partial charge in [0, 0.05) is 23.7 Å². The first kappa shape index (κ1) is 25.4. The average Bonchev–Trinajstić information content (AvgIpc) is 3.51. The van der Waals surface area contributed by atoms with E-state index in [2.05, 4.69) is 35.1 Å². The molecule has 0 spiro atoms. The maximum Gasteiger partial charge on any atom is 0.243 e. The maximum absolute atomic E-state index is 13.5. The molecule has 0 saturated heterocycles. The molecule has 196 valence electrons. The second-order valence-electron chi connectivity index (χ2n) is 8.53. The summed E-state index contributed by atoms with van der Waals surface area (Å²) in [5.41, 5.74) is 1.29. The molecule has 38 heavy (non-hydrogen) atoms. The molecule has 0 saturated carbocycles. The Kier molecular flexibility index (Phi) is 6.63. The highest BCUT2D eigenvalue weighted by Crippen LogP contribution is 2.38. The van der Waals surface area contributed by atoms with Gasteiger partial charge in [0.05, 0.1) is 22.9 Å². The number of phenols is 1. The molecular weight excluding hydrogens is 532 g/mol. The van der Waals surface area contributed by atoms with Crippen LogP contribution in [0.1, 0.15) is 25.6 Å². The van der Waals surface area contributed by atoms with Crippen LogP contribution >= 0.6 is 11.6 Å². The van der Waals surface area contributed by atoms with Crippen LogP contribution < -0.4 is 9.46 Å². The predicted octanol–water partition coefficient (Wildman–Crippen LogP) is 3.90. The van der Waals surface area contributed by atoms with Gasteiger partial charge in [0.2, 0.25) is 16.0 Å². The molecule has 2 atom stereocenters. The van der Waals surface area contributed by atoms with Gasteiger partial charge in [0.1, 0.15) is 28.7 Å². The Morgan fingerprint density at radius 3 is 2.55 bits per heavy atom. The van der Waals surface area contributed by atoms with Crippen LogP contribution in [-0.2, 0) is 10.0 Å². The Morgan fingerprint density at radius 1 is 1.08 bits per heavy atom. The van der Waals surface area contributed by atoms with Crippen LogP contribution in [0.5, 0.6) is 11.5 Å². The van der Waals surface area contributed by atoms with E-state index >= 15 is 0 Å². The lowest BCUT2D eigenvalue weighted by Gasteiger charge is -2.21. The van der Waals surface area contributed by atoms with Crippen molar-refractivity contribution in [3.63, 3.8) is 0 Å². The highest BCUT2D eigenvalue weighted by Gasteiger charge is 2.33. The molecule has 3 heterocycles. The molecule has 0 bridgehead atoms. The van der Waals surface area contributed by atoms with Gasteiger partial charge in [0.15, 0.2) is 5.82 Å². The Balaban J connectivity index is 1.63. The van der Waals surface area contributed by atoms with E-state index in [4.69, 9.17) is 16.3 Å². The number of methoxy groups -OCH3 is 1. The van der Waals surface area contributed by atoms with E-state index in [1.165, 1.54) is 37.1 Å². The second kappa shape index (κ2) is 9.91. The number of aromatic nitrogens is 7. The Labute approximate surface area is 222 Å². The van der Waals surface area contributed by atoms with Gasteiger partial charge >= 0.3 is 0 Å². The number of aromatic hydroxyl groups is 1. The largest absolute Gasteiger partial charge is 0.506 e. The van der Waals surface area contributed by atoms with Crippen LogP contribution in [0.2, 0.25) is 5.02 Å². The van der Waals surface area contributed by atoms with Gasteiger partial charge in [-0.15, -0.1) is 10.2 Å². The van der Waals surface area contributed by atoms with Gasteiger partial charge < -0.3 is 9.84 Å². The minimum absolute atomic E-state index is 0.140. The number of nitrogens with zero attached hydrogens (tertiary/aromatic N) is 6. The summed E-state index contributed by atoms with van der Waals surface area (Å²) < 4.78 is 36.4. The van der Waals surface area contributed by atoms with Crippen molar-refractivity contribution < 1.29 is 18.3 Å². The van der Waals surface area contributed by atoms with Crippen LogP contribution in [0, 0.1) is 0 Å². The first-order chi connectivity index (χ1) is 18.2. The number of hydrogen-bond donors (Lipinski definition) is 3. The molecule has 0 fully saturated rings. The molecule has 3 N–H and O–H groups in total. The smallest absolute Gasteiger partial charge is 0.243 e. The normalized spacial score (nSPS) is 13.4. The van der Waals surface area contributed by atoms with E-state index in [9.17, 15) is 13.5 Å². The number of hydrogen-bond acceptors (Lipinski definition) is 9. The van der Waals surface area contributed by atoms with E-state index in [0.29, 0.717) is 16.5 Å². The van der Waals surface area contributed by atoms with Gasteiger partial charge in [-0.3, -0.25) is 14.4 Å². The van der Waals surface area contributed by atoms with Crippen molar-refractivity contribution in [1.29, 1.82) is 0 Å². The summed E-state index contributed by atoms with van der Waals surface area (Å²) in [6.07, 6.45) is 2.82. The highest BCUT2D eigenvalue weighted by molar-refractivity contribution is 7.93. The Morgan fingerprint density at radius 2 is 1.82 bits per heavy atom. The zero-order valence-electron chi connectivity index (χ0n) is 20.5. The fraction of sp³-hybridized carbons (Fsp3) is 0.208. The quantitative estimate of drug-likeness (QED) is 0.258. The molecule has 12 nitrogen and oxygen atoms in total. The summed E-state index contributed by atoms with van der Waals surface area (Å²) in [6.45, 7) is 3.24. The first-order valence-corrected chi connectivity index (χ1v) is 13.4. The molecule has 5 aromatic rings. The number of sulfonamides is 1. The summed E-state index contributed by atoms with van der Waals surface area (Å²) >= 11 is 5.88. The number of rotatable bonds is 8. The van der Waals surface area contributed by atoms with Gasteiger partial charge in [0.25, 0.3) is 0 Å². The molecule has 0 amide bonds. The zero-order valence-corrected chi connectivity index (χ0v) is 22.1. The summed E-state index contributed by atoms with van der Waals surface area (Å²) in [5, 5.41) is 26.6. The number of H-pyrrole nitrogens is 1. The number of fused-ring (bicyclic) bond motifs is 1. The third-order valence-electron chi connectivity index (χ3n) is 6.24. The summed E-state index contributed by atoms with van der Waals surface area (Å²) in [5.74, 6) is -0.163. The number of anilines is 1. The number of ether oxygens (including phenoxy) is 1. The van der Waals surface area contributed by atoms with Gasteiger partial charge in [-0.1, -0.05) is 42.8 Å². The lowest BCUT2D eigenvalue weighted by atomic mass is 10.1. The van der Waals surface area contributed by atoms with Crippen molar-refractivity contribution in [1.82, 2.24) is 34.9 Å². The molecule has 2 aromatic carbocycles. The topological polar surface area (TPSA) is 161 Å². The van der Waals surface area contributed by atoms with Crippen molar-refractivity contribution in [3.8, 4) is 28.7 Å². The Bertz CT molecular complexity index is 1720. The van der Waals surface area contributed by atoms with Crippen molar-refractivity contribution in [2.75, 3.05) is 11.8 Å². The average molecular weight is 555 g/mol. The van der Waals surface area contributed by atoms with Crippen molar-refractivity contribution in [2.45, 2.75) is 25.0 Å². The standard InChI is InChI=1S/C24H23ClN8O4S/c1-13(22-26-11-15(25)12-27-22)14(2)38(35,36)32-24-31-30-23(20-16-7-4-5-8-17(16)28-29-20)33(24)21-18(34)9-6-10-19(21)37-3/h4-14,34H,1-3H3,(H,28,29)(H,31,32)/t13-,14-/m1/s1. The van der Waals surface area contributed by atoms with E-state index in [1.54, 1.807) is 19.1 Å². The Hall–Kier alpha value is -4.23. The van der Waals surface area contributed by atoms with Gasteiger partial charge in [-0.25, -0.2) is 18.4 Å². The lowest BCUT2D eigenvalue weighted by Crippen LogP contribution is -2.31. The minimum Gasteiger partial charge on any atom is -0.506 e. The molecule has 0 aliphatic heterocycles. The van der Waals surface area contributed by atoms with Crippen LogP contribution in [0.4, 0.5) is 5.95 Å². The zero-order chi connectivity index (χ0) is 27.0. The molecule has 14 heteroatoms. The molecular formula is C24H23ClN8O4S. The van der Waals surface area contributed by atoms with E-state index in [0.717, 1.165) is 10.9 Å². The number of benzene rings is 2. The molecule has 5 rings (SSSR count). The number of para-hydroxylation sites is 2. The van der Waals surface area contributed by atoms with Crippen molar-refractivity contribution in [3.05, 3.63) is 65.7 Å². The summed E-state index contributed by atoms with van der Waals surface area (Å²) in [7, 11) is -2.63. The number of nitrogens with one attached hydrogen (secondary N) is 2. The highest BCUT2D eigenvalue weighted by atomic mass is 35.5. The molecule has 0 radical (unpaired) electrons. The minimum atomic E-state index is -4.07. The fourth-order valence-corrected chi connectivity index (χ4v) is 5.34. The van der Waals surface area contributed by atoms with Crippen LogP contribution in [-0.4, -0.2) is 60.8 Å². The lowest BCUT2D eigenvalue weighted by molar-refractivity contribution is 0.405. The van der Waals surface area contributed by atoms with Crippen LogP contribution in [0.15, 0.2) is 54.9 Å². The van der Waals surface area contributed by atoms with Crippen LogP contribution in [0.3, 0.4) is 0 Å². The second-order valence-corrected chi connectivity index (χ2v) is 11.0. The van der Waals surface area contributed by atoms with Crippen LogP contribution in [0.25, 0.3) is 28.1 Å². The van der Waals surface area contributed by atoms with E-state index < -0.39 is 21.2 Å². The van der Waals surface area contributed by atoms with Crippen molar-refractivity contribution >= 4 is 38.5 Å². The number of phenolic OH excluding ortho intramolecular Hbond substituents is 1. The molecule has 0 aliphatic carbocycles. The van der Waals surface area contributed by atoms with E-state index in [1.807, 2.05) is 24.3 Å². The maximum atomic E-state index is 13.5. The van der Waals surface area contributed by atoms with Gasteiger partial charge in [-0.05, 0) is 25.1 Å². The summed E-state index contributed by atoms with van der Waals surface area (Å²) in [4.78, 5) is 8.31. The SMILES string of the molecule is COc1cccc(O)c1-n1c(NS(=O)(=O)[C@H](C)[C@@H](C)c2ncc(Cl)cn2)nnc1-c1n[nH]c2ccccc12. The van der Waals surface area contributed by atoms with Crippen molar-refractivity contribution in [2.24, 2.45) is 0 Å². The first-order valence-electron chi connectivity index (χ1n) is 11.5. The molecule has 0 aliphatic rings. The van der Waals surface area contributed by atoms with E-state index in [-0.39, 0.29) is 29.0 Å². The fourth-order valence-electron chi connectivity index (χ4n) is 4.01. The monoisotopic (exact) mass is 554 g/mol. The third-order valence-corrected chi connectivity index (χ3v) is 8.29. The summed E-state index contributed by atoms with van der Waals surface area (Å²) in [6, 6.07) is 12.1. The number of halogens is 1. The van der Waals surface area contributed by atoms with Gasteiger partial charge in [-0.2, -0.15) is 5.10 Å². The third kappa shape index (κ3) is 4.50. The number of aromatic amines is 1. The molecule has 3 aromatic heterocycles.